The van der Waals surface area contributed by atoms with Gasteiger partial charge in [-0.2, -0.15) is 5.10 Å². The molecule has 0 radical (unpaired) electrons. The highest BCUT2D eigenvalue weighted by Gasteiger charge is 2.20. The van der Waals surface area contributed by atoms with Crippen LogP contribution < -0.4 is 0 Å². The summed E-state index contributed by atoms with van der Waals surface area (Å²) < 4.78 is 5.82. The minimum atomic E-state index is 0.514. The van der Waals surface area contributed by atoms with E-state index in [9.17, 15) is 0 Å². The summed E-state index contributed by atoms with van der Waals surface area (Å²) in [4.78, 5) is 6.87. The number of thiazole rings is 1. The molecule has 0 aliphatic carbocycles. The van der Waals surface area contributed by atoms with E-state index in [1.54, 1.807) is 11.3 Å². The van der Waals surface area contributed by atoms with Crippen LogP contribution in [0.25, 0.3) is 10.9 Å². The van der Waals surface area contributed by atoms with Crippen LogP contribution >= 0.6 is 11.3 Å². The SMILES string of the molecule is c1nc(CN2CCOC[C@@H](Cc3ccc4[nH]ncc4c3)C2)cs1. The van der Waals surface area contributed by atoms with E-state index in [1.165, 1.54) is 10.9 Å². The van der Waals surface area contributed by atoms with Crippen LogP contribution in [-0.4, -0.2) is 46.4 Å². The van der Waals surface area contributed by atoms with Crippen LogP contribution in [0.5, 0.6) is 0 Å². The molecule has 2 aromatic heterocycles. The van der Waals surface area contributed by atoms with Crippen LogP contribution in [0.1, 0.15) is 11.3 Å². The normalized spacial score (nSPS) is 19.9. The van der Waals surface area contributed by atoms with Gasteiger partial charge in [0.25, 0.3) is 0 Å². The van der Waals surface area contributed by atoms with Crippen molar-refractivity contribution in [2.24, 2.45) is 5.92 Å². The highest BCUT2D eigenvalue weighted by Crippen LogP contribution is 2.19. The van der Waals surface area contributed by atoms with E-state index in [2.05, 4.69) is 43.7 Å². The average Bonchev–Trinajstić information content (AvgIpc) is 3.17. The quantitative estimate of drug-likeness (QED) is 0.800. The number of hydrogen-bond donors (Lipinski definition) is 1. The Morgan fingerprint density at radius 3 is 3.30 bits per heavy atom. The molecule has 0 saturated carbocycles. The van der Waals surface area contributed by atoms with E-state index in [0.29, 0.717) is 5.92 Å². The third kappa shape index (κ3) is 3.60. The monoisotopic (exact) mass is 328 g/mol. The second kappa shape index (κ2) is 6.78. The summed E-state index contributed by atoms with van der Waals surface area (Å²) in [7, 11) is 0. The van der Waals surface area contributed by atoms with Gasteiger partial charge in [-0.25, -0.2) is 4.98 Å². The largest absolute Gasteiger partial charge is 0.380 e. The fraction of sp³-hybridized carbons (Fsp3) is 0.412. The Morgan fingerprint density at radius 1 is 1.39 bits per heavy atom. The number of aromatic nitrogens is 3. The molecule has 5 nitrogen and oxygen atoms in total. The molecule has 1 saturated heterocycles. The summed E-state index contributed by atoms with van der Waals surface area (Å²) >= 11 is 1.66. The summed E-state index contributed by atoms with van der Waals surface area (Å²) in [5, 5.41) is 10.4. The molecule has 4 rings (SSSR count). The number of ether oxygens (including phenoxy) is 1. The molecule has 1 atom stereocenters. The molecular weight excluding hydrogens is 308 g/mol. The second-order valence-electron chi connectivity index (χ2n) is 6.15. The van der Waals surface area contributed by atoms with Gasteiger partial charge in [-0.1, -0.05) is 6.07 Å². The van der Waals surface area contributed by atoms with Crippen LogP contribution in [0.2, 0.25) is 0 Å². The molecule has 0 bridgehead atoms. The molecule has 0 amide bonds. The van der Waals surface area contributed by atoms with Gasteiger partial charge in [0.2, 0.25) is 0 Å². The number of nitrogens with zero attached hydrogens (tertiary/aromatic N) is 3. The number of aromatic amines is 1. The summed E-state index contributed by atoms with van der Waals surface area (Å²) in [5.74, 6) is 0.514. The first-order chi connectivity index (χ1) is 11.4. The van der Waals surface area contributed by atoms with E-state index in [-0.39, 0.29) is 0 Å². The van der Waals surface area contributed by atoms with Crippen molar-refractivity contribution in [3.63, 3.8) is 0 Å². The molecule has 1 fully saturated rings. The van der Waals surface area contributed by atoms with Gasteiger partial charge in [-0.3, -0.25) is 10.00 Å². The lowest BCUT2D eigenvalue weighted by Gasteiger charge is -2.22. The first-order valence-electron chi connectivity index (χ1n) is 7.96. The van der Waals surface area contributed by atoms with Crippen LogP contribution in [0, 0.1) is 5.92 Å². The number of rotatable bonds is 4. The predicted molar refractivity (Wildman–Crippen MR) is 91.5 cm³/mol. The summed E-state index contributed by atoms with van der Waals surface area (Å²) in [5.41, 5.74) is 5.51. The third-order valence-corrected chi connectivity index (χ3v) is 4.96. The average molecular weight is 328 g/mol. The number of hydrogen-bond acceptors (Lipinski definition) is 5. The van der Waals surface area contributed by atoms with E-state index in [1.807, 2.05) is 11.7 Å². The smallest absolute Gasteiger partial charge is 0.0795 e. The van der Waals surface area contributed by atoms with Gasteiger partial charge >= 0.3 is 0 Å². The first kappa shape index (κ1) is 14.8. The molecule has 1 N–H and O–H groups in total. The van der Waals surface area contributed by atoms with E-state index < -0.39 is 0 Å². The van der Waals surface area contributed by atoms with Crippen LogP contribution in [0.15, 0.2) is 35.3 Å². The van der Waals surface area contributed by atoms with Crippen molar-refractivity contribution in [3.8, 4) is 0 Å². The zero-order valence-electron chi connectivity index (χ0n) is 12.9. The van der Waals surface area contributed by atoms with Crippen molar-refractivity contribution in [2.75, 3.05) is 26.3 Å². The Bertz CT molecular complexity index is 755. The number of H-pyrrole nitrogens is 1. The molecular formula is C17H20N4OS. The number of fused-ring (bicyclic) bond motifs is 1. The van der Waals surface area contributed by atoms with Gasteiger partial charge in [0.15, 0.2) is 0 Å². The molecule has 120 valence electrons. The van der Waals surface area contributed by atoms with Crippen molar-refractivity contribution in [1.82, 2.24) is 20.1 Å². The molecule has 6 heteroatoms. The first-order valence-corrected chi connectivity index (χ1v) is 8.90. The van der Waals surface area contributed by atoms with Gasteiger partial charge in [0.05, 0.1) is 36.1 Å². The van der Waals surface area contributed by atoms with Crippen molar-refractivity contribution < 1.29 is 4.74 Å². The molecule has 1 aliphatic rings. The molecule has 3 aromatic rings. The van der Waals surface area contributed by atoms with Gasteiger partial charge in [-0.05, 0) is 30.0 Å². The van der Waals surface area contributed by atoms with Crippen molar-refractivity contribution in [2.45, 2.75) is 13.0 Å². The number of nitrogens with one attached hydrogen (secondary N) is 1. The highest BCUT2D eigenvalue weighted by atomic mass is 32.1. The third-order valence-electron chi connectivity index (χ3n) is 4.32. The Kier molecular flexibility index (Phi) is 4.37. The topological polar surface area (TPSA) is 54.0 Å². The Morgan fingerprint density at radius 2 is 2.39 bits per heavy atom. The molecule has 0 spiro atoms. The lowest BCUT2D eigenvalue weighted by atomic mass is 9.98. The summed E-state index contributed by atoms with van der Waals surface area (Å²) in [6, 6.07) is 6.53. The molecule has 0 unspecified atom stereocenters. The summed E-state index contributed by atoms with van der Waals surface area (Å²) in [6.45, 7) is 4.60. The minimum Gasteiger partial charge on any atom is -0.380 e. The molecule has 1 aliphatic heterocycles. The van der Waals surface area contributed by atoms with Gasteiger partial charge in [-0.15, -0.1) is 11.3 Å². The molecule has 3 heterocycles. The minimum absolute atomic E-state index is 0.514. The van der Waals surface area contributed by atoms with Crippen molar-refractivity contribution >= 4 is 22.2 Å². The van der Waals surface area contributed by atoms with Crippen LogP contribution in [0.4, 0.5) is 0 Å². The maximum atomic E-state index is 5.82. The van der Waals surface area contributed by atoms with Crippen molar-refractivity contribution in [3.05, 3.63) is 46.5 Å². The van der Waals surface area contributed by atoms with Gasteiger partial charge in [0, 0.05) is 30.4 Å². The van der Waals surface area contributed by atoms with E-state index >= 15 is 0 Å². The Labute approximate surface area is 139 Å². The van der Waals surface area contributed by atoms with Crippen LogP contribution in [-0.2, 0) is 17.7 Å². The second-order valence-corrected chi connectivity index (χ2v) is 6.87. The van der Waals surface area contributed by atoms with Crippen LogP contribution in [0.3, 0.4) is 0 Å². The zero-order valence-corrected chi connectivity index (χ0v) is 13.8. The molecule has 1 aromatic carbocycles. The Hall–Kier alpha value is -1.76. The van der Waals surface area contributed by atoms with E-state index in [0.717, 1.165) is 50.5 Å². The zero-order chi connectivity index (χ0) is 15.5. The van der Waals surface area contributed by atoms with Gasteiger partial charge in [0.1, 0.15) is 0 Å². The standard InChI is InChI=1S/C17H20N4OS/c1-2-17-15(7-19-20-17)6-13(1)5-14-8-21(3-4-22-10-14)9-16-11-23-12-18-16/h1-2,6-7,11-12,14H,3-5,8-10H2,(H,19,20)/t14-/m0/s1. The fourth-order valence-corrected chi connectivity index (χ4v) is 3.77. The van der Waals surface area contributed by atoms with Gasteiger partial charge < -0.3 is 4.74 Å². The van der Waals surface area contributed by atoms with E-state index in [4.69, 9.17) is 4.74 Å². The fourth-order valence-electron chi connectivity index (χ4n) is 3.22. The van der Waals surface area contributed by atoms with Crippen molar-refractivity contribution in [1.29, 1.82) is 0 Å². The predicted octanol–water partition coefficient (Wildman–Crippen LogP) is 2.71. The lowest BCUT2D eigenvalue weighted by Crippen LogP contribution is -2.30. The highest BCUT2D eigenvalue weighted by molar-refractivity contribution is 7.07. The molecule has 23 heavy (non-hydrogen) atoms. The maximum Gasteiger partial charge on any atom is 0.0795 e. The number of benzene rings is 1. The summed E-state index contributed by atoms with van der Waals surface area (Å²) in [6.07, 6.45) is 2.92. The Balaban J connectivity index is 1.44. The lowest BCUT2D eigenvalue weighted by molar-refractivity contribution is 0.121. The maximum absolute atomic E-state index is 5.82.